The van der Waals surface area contributed by atoms with Gasteiger partial charge in [0, 0.05) is 12.8 Å². The summed E-state index contributed by atoms with van der Waals surface area (Å²) in [5, 5.41) is 10.9. The Hall–Kier alpha value is -1.39. The van der Waals surface area contributed by atoms with E-state index in [2.05, 4.69) is 5.32 Å². The number of Topliss-reactive ketones (excluding diaryl/α,β-unsaturated/α-hetero) is 1. The van der Waals surface area contributed by atoms with Crippen molar-refractivity contribution in [3.8, 4) is 0 Å². The van der Waals surface area contributed by atoms with Gasteiger partial charge in [0.25, 0.3) is 0 Å². The van der Waals surface area contributed by atoms with Crippen LogP contribution in [-0.4, -0.2) is 29.3 Å². The zero-order valence-electron chi connectivity index (χ0n) is 10.7. The van der Waals surface area contributed by atoms with Gasteiger partial charge in [-0.15, -0.1) is 0 Å². The van der Waals surface area contributed by atoms with E-state index in [1.54, 1.807) is 0 Å². The molecule has 0 rings (SSSR count). The molecule has 5 heteroatoms. The highest BCUT2D eigenvalue weighted by Crippen LogP contribution is 2.20. The van der Waals surface area contributed by atoms with E-state index in [4.69, 9.17) is 5.11 Å². The Kier molecular flexibility index (Phi) is 6.46. The zero-order chi connectivity index (χ0) is 13.5. The number of nitrogens with one attached hydrogen (secondary N) is 1. The van der Waals surface area contributed by atoms with Crippen LogP contribution in [0.3, 0.4) is 0 Å². The van der Waals surface area contributed by atoms with Crippen LogP contribution in [0.15, 0.2) is 0 Å². The van der Waals surface area contributed by atoms with Gasteiger partial charge in [-0.3, -0.25) is 14.4 Å². The Morgan fingerprint density at radius 1 is 1.06 bits per heavy atom. The minimum atomic E-state index is -1.00. The maximum atomic E-state index is 11.4. The topological polar surface area (TPSA) is 83.5 Å². The van der Waals surface area contributed by atoms with E-state index in [1.165, 1.54) is 0 Å². The Labute approximate surface area is 102 Å². The molecule has 0 saturated carbocycles. The van der Waals surface area contributed by atoms with Crippen LogP contribution in [0.5, 0.6) is 0 Å². The molecule has 0 saturated heterocycles. The van der Waals surface area contributed by atoms with Crippen molar-refractivity contribution in [3.63, 3.8) is 0 Å². The van der Waals surface area contributed by atoms with Gasteiger partial charge in [-0.25, -0.2) is 0 Å². The lowest BCUT2D eigenvalue weighted by molar-refractivity contribution is -0.138. The molecule has 0 spiro atoms. The van der Waals surface area contributed by atoms with E-state index < -0.39 is 5.97 Å². The largest absolute Gasteiger partial charge is 0.481 e. The molecule has 0 aromatic rings. The minimum absolute atomic E-state index is 0.0329. The Bertz CT molecular complexity index is 291. The van der Waals surface area contributed by atoms with Crippen molar-refractivity contribution in [2.24, 2.45) is 5.41 Å². The molecule has 0 aliphatic rings. The molecule has 5 nitrogen and oxygen atoms in total. The highest BCUT2D eigenvalue weighted by molar-refractivity contribution is 5.87. The van der Waals surface area contributed by atoms with Crippen LogP contribution < -0.4 is 5.32 Å². The molecule has 17 heavy (non-hydrogen) atoms. The first-order valence-corrected chi connectivity index (χ1v) is 5.71. The number of carboxylic acid groups (broad SMARTS) is 1. The zero-order valence-corrected chi connectivity index (χ0v) is 10.7. The van der Waals surface area contributed by atoms with Gasteiger partial charge < -0.3 is 10.4 Å². The number of ketones is 1. The molecule has 0 unspecified atom stereocenters. The average molecular weight is 243 g/mol. The summed E-state index contributed by atoms with van der Waals surface area (Å²) in [6.07, 6.45) is 0.920. The third-order valence-electron chi connectivity index (χ3n) is 2.20. The molecule has 0 heterocycles. The molecular weight excluding hydrogens is 222 g/mol. The van der Waals surface area contributed by atoms with E-state index >= 15 is 0 Å². The van der Waals surface area contributed by atoms with Crippen LogP contribution in [0.4, 0.5) is 0 Å². The average Bonchev–Trinajstić information content (AvgIpc) is 2.19. The Morgan fingerprint density at radius 2 is 1.65 bits per heavy atom. The van der Waals surface area contributed by atoms with Gasteiger partial charge in [-0.1, -0.05) is 20.8 Å². The Balaban J connectivity index is 3.70. The quantitative estimate of drug-likeness (QED) is 0.707. The van der Waals surface area contributed by atoms with Gasteiger partial charge in [-0.05, 0) is 11.8 Å². The predicted octanol–water partition coefficient (Wildman–Crippen LogP) is 1.36. The van der Waals surface area contributed by atoms with Gasteiger partial charge >= 0.3 is 5.97 Å². The van der Waals surface area contributed by atoms with Crippen molar-refractivity contribution < 1.29 is 19.5 Å². The van der Waals surface area contributed by atoms with Crippen molar-refractivity contribution >= 4 is 17.7 Å². The van der Waals surface area contributed by atoms with Gasteiger partial charge in [0.15, 0.2) is 5.78 Å². The first kappa shape index (κ1) is 15.6. The third kappa shape index (κ3) is 10.9. The van der Waals surface area contributed by atoms with Crippen molar-refractivity contribution in [3.05, 3.63) is 0 Å². The second-order valence-corrected chi connectivity index (χ2v) is 5.27. The van der Waals surface area contributed by atoms with Crippen LogP contribution in [0.1, 0.15) is 46.5 Å². The molecule has 0 aromatic carbocycles. The summed E-state index contributed by atoms with van der Waals surface area (Å²) in [7, 11) is 0. The fourth-order valence-corrected chi connectivity index (χ4v) is 1.11. The maximum Gasteiger partial charge on any atom is 0.303 e. The second-order valence-electron chi connectivity index (χ2n) is 5.27. The fourth-order valence-electron chi connectivity index (χ4n) is 1.11. The maximum absolute atomic E-state index is 11.4. The van der Waals surface area contributed by atoms with E-state index in [1.807, 2.05) is 20.8 Å². The van der Waals surface area contributed by atoms with Gasteiger partial charge in [0.05, 0.1) is 13.0 Å². The molecule has 0 atom stereocenters. The first-order valence-electron chi connectivity index (χ1n) is 5.71. The highest BCUT2D eigenvalue weighted by Gasteiger charge is 2.13. The van der Waals surface area contributed by atoms with Crippen molar-refractivity contribution in [1.82, 2.24) is 5.32 Å². The number of hydrogen-bond acceptors (Lipinski definition) is 3. The fraction of sp³-hybridized carbons (Fsp3) is 0.750. The van der Waals surface area contributed by atoms with E-state index in [-0.39, 0.29) is 36.5 Å². The molecule has 0 aliphatic heterocycles. The molecule has 0 bridgehead atoms. The number of aliphatic carboxylic acids is 1. The predicted molar refractivity (Wildman–Crippen MR) is 63.6 cm³/mol. The summed E-state index contributed by atoms with van der Waals surface area (Å²) in [5.41, 5.74) is 0.0880. The molecule has 0 radical (unpaired) electrons. The highest BCUT2D eigenvalue weighted by atomic mass is 16.4. The summed E-state index contributed by atoms with van der Waals surface area (Å²) < 4.78 is 0. The summed E-state index contributed by atoms with van der Waals surface area (Å²) in [4.78, 5) is 32.7. The van der Waals surface area contributed by atoms with E-state index in [0.29, 0.717) is 6.42 Å². The lowest BCUT2D eigenvalue weighted by atomic mass is 9.90. The van der Waals surface area contributed by atoms with Crippen LogP contribution in [-0.2, 0) is 14.4 Å². The number of carboxylic acids is 1. The normalized spacial score (nSPS) is 11.0. The van der Waals surface area contributed by atoms with Gasteiger partial charge in [0.2, 0.25) is 5.91 Å². The van der Waals surface area contributed by atoms with Crippen LogP contribution in [0, 0.1) is 5.41 Å². The summed E-state index contributed by atoms with van der Waals surface area (Å²) in [6.45, 7) is 6.05. The molecule has 1 amide bonds. The van der Waals surface area contributed by atoms with Crippen molar-refractivity contribution in [2.75, 3.05) is 6.54 Å². The Morgan fingerprint density at radius 3 is 2.12 bits per heavy atom. The van der Waals surface area contributed by atoms with Crippen molar-refractivity contribution in [2.45, 2.75) is 46.5 Å². The van der Waals surface area contributed by atoms with Gasteiger partial charge in [-0.2, -0.15) is 0 Å². The number of carbonyl (C=O) groups is 3. The van der Waals surface area contributed by atoms with Gasteiger partial charge in [0.1, 0.15) is 0 Å². The number of hydrogen-bond donors (Lipinski definition) is 2. The number of rotatable bonds is 7. The molecule has 2 N–H and O–H groups in total. The molecule has 0 aliphatic carbocycles. The molecule has 0 fully saturated rings. The lowest BCUT2D eigenvalue weighted by Crippen LogP contribution is -2.30. The molecule has 0 aromatic heterocycles. The van der Waals surface area contributed by atoms with Crippen LogP contribution in [0.25, 0.3) is 0 Å². The third-order valence-corrected chi connectivity index (χ3v) is 2.20. The smallest absolute Gasteiger partial charge is 0.303 e. The molecule has 98 valence electrons. The van der Waals surface area contributed by atoms with E-state index in [0.717, 1.165) is 6.42 Å². The molecular formula is C12H21NO4. The van der Waals surface area contributed by atoms with E-state index in [9.17, 15) is 14.4 Å². The summed E-state index contributed by atoms with van der Waals surface area (Å²) in [5.74, 6) is -1.42. The minimum Gasteiger partial charge on any atom is -0.481 e. The van der Waals surface area contributed by atoms with Crippen molar-refractivity contribution in [1.29, 1.82) is 0 Å². The monoisotopic (exact) mass is 243 g/mol. The van der Waals surface area contributed by atoms with Crippen LogP contribution >= 0.6 is 0 Å². The summed E-state index contributed by atoms with van der Waals surface area (Å²) in [6, 6.07) is 0. The number of amides is 1. The number of carbonyl (C=O) groups excluding carboxylic acids is 2. The van der Waals surface area contributed by atoms with Crippen LogP contribution in [0.2, 0.25) is 0 Å². The summed E-state index contributed by atoms with van der Waals surface area (Å²) >= 11 is 0. The lowest BCUT2D eigenvalue weighted by Gasteiger charge is -2.17. The standard InChI is InChI=1S/C12H21NO4/c1-12(2,3)7-6-10(15)13-8-9(14)4-5-11(16)17/h4-8H2,1-3H3,(H,13,15)(H,16,17). The SMILES string of the molecule is CC(C)(C)CCC(=O)NCC(=O)CCC(=O)O. The second kappa shape index (κ2) is 7.04. The first-order chi connectivity index (χ1) is 7.70.